The number of nitrogens with zero attached hydrogens (tertiary/aromatic N) is 4. The monoisotopic (exact) mass is 183 g/mol. The summed E-state index contributed by atoms with van der Waals surface area (Å²) < 4.78 is 1.55. The van der Waals surface area contributed by atoms with Gasteiger partial charge in [-0.3, -0.25) is 0 Å². The topological polar surface area (TPSA) is 60.0 Å². The molecule has 0 radical (unpaired) electrons. The molecule has 0 fully saturated rings. The van der Waals surface area contributed by atoms with Crippen molar-refractivity contribution in [3.05, 3.63) is 11.6 Å². The molecule has 0 spiro atoms. The first kappa shape index (κ1) is 9.98. The molecule has 0 unspecified atom stereocenters. The summed E-state index contributed by atoms with van der Waals surface area (Å²) in [5.74, 6) is 7.32. The van der Waals surface area contributed by atoms with Crippen LogP contribution in [0.25, 0.3) is 0 Å². The summed E-state index contributed by atoms with van der Waals surface area (Å²) in [5, 5.41) is 7.87. The molecule has 0 saturated heterocycles. The van der Waals surface area contributed by atoms with Crippen LogP contribution in [0.15, 0.2) is 0 Å². The van der Waals surface area contributed by atoms with Gasteiger partial charge in [-0.05, 0) is 34.0 Å². The van der Waals surface area contributed by atoms with Crippen molar-refractivity contribution in [1.82, 2.24) is 19.8 Å². The van der Waals surface area contributed by atoms with Crippen LogP contribution in [0.1, 0.15) is 18.1 Å². The minimum Gasteiger partial charge on any atom is -0.336 e. The van der Waals surface area contributed by atoms with Crippen molar-refractivity contribution in [2.45, 2.75) is 19.8 Å². The first-order valence-corrected chi connectivity index (χ1v) is 4.42. The van der Waals surface area contributed by atoms with E-state index in [0.29, 0.717) is 0 Å². The summed E-state index contributed by atoms with van der Waals surface area (Å²) in [4.78, 5) is 2.14. The van der Waals surface area contributed by atoms with Crippen molar-refractivity contribution < 1.29 is 0 Å². The summed E-state index contributed by atoms with van der Waals surface area (Å²) in [6.07, 6.45) is 1.94. The van der Waals surface area contributed by atoms with Gasteiger partial charge in [0.05, 0.1) is 0 Å². The SMILES string of the molecule is Cc1nnc(CCCN(C)C)n1N. The first-order valence-electron chi connectivity index (χ1n) is 4.42. The lowest BCUT2D eigenvalue weighted by Gasteiger charge is -2.08. The average molecular weight is 183 g/mol. The zero-order chi connectivity index (χ0) is 9.84. The van der Waals surface area contributed by atoms with Gasteiger partial charge in [-0.2, -0.15) is 0 Å². The largest absolute Gasteiger partial charge is 0.336 e. The van der Waals surface area contributed by atoms with Gasteiger partial charge in [0.1, 0.15) is 5.82 Å². The van der Waals surface area contributed by atoms with Gasteiger partial charge < -0.3 is 10.7 Å². The van der Waals surface area contributed by atoms with Gasteiger partial charge in [-0.15, -0.1) is 10.2 Å². The lowest BCUT2D eigenvalue weighted by molar-refractivity contribution is 0.398. The molecule has 1 heterocycles. The Morgan fingerprint density at radius 3 is 2.54 bits per heavy atom. The Kier molecular flexibility index (Phi) is 3.25. The Morgan fingerprint density at radius 2 is 2.08 bits per heavy atom. The fourth-order valence-electron chi connectivity index (χ4n) is 1.14. The predicted molar refractivity (Wildman–Crippen MR) is 51.8 cm³/mol. The Labute approximate surface area is 78.5 Å². The van der Waals surface area contributed by atoms with Crippen LogP contribution in [0.4, 0.5) is 0 Å². The van der Waals surface area contributed by atoms with E-state index in [0.717, 1.165) is 31.0 Å². The molecule has 0 bridgehead atoms. The normalized spacial score (nSPS) is 11.1. The summed E-state index contributed by atoms with van der Waals surface area (Å²) in [7, 11) is 4.11. The number of aryl methyl sites for hydroxylation is 2. The quantitative estimate of drug-likeness (QED) is 0.656. The van der Waals surface area contributed by atoms with Crippen molar-refractivity contribution >= 4 is 0 Å². The van der Waals surface area contributed by atoms with Crippen LogP contribution < -0.4 is 5.84 Å². The van der Waals surface area contributed by atoms with Crippen LogP contribution in [0, 0.1) is 6.92 Å². The Bertz CT molecular complexity index is 265. The van der Waals surface area contributed by atoms with Gasteiger partial charge in [0.15, 0.2) is 5.82 Å². The minimum atomic E-state index is 0.764. The molecule has 0 aliphatic carbocycles. The van der Waals surface area contributed by atoms with Crippen LogP contribution in [0.5, 0.6) is 0 Å². The van der Waals surface area contributed by atoms with Crippen LogP contribution in [-0.4, -0.2) is 40.4 Å². The van der Waals surface area contributed by atoms with Crippen LogP contribution in [-0.2, 0) is 6.42 Å². The third-order valence-electron chi connectivity index (χ3n) is 1.94. The Morgan fingerprint density at radius 1 is 1.38 bits per heavy atom. The van der Waals surface area contributed by atoms with Crippen molar-refractivity contribution in [3.8, 4) is 0 Å². The zero-order valence-corrected chi connectivity index (χ0v) is 8.49. The second kappa shape index (κ2) is 4.23. The number of rotatable bonds is 4. The van der Waals surface area contributed by atoms with Crippen molar-refractivity contribution in [2.75, 3.05) is 26.5 Å². The summed E-state index contributed by atoms with van der Waals surface area (Å²) in [6, 6.07) is 0. The lowest BCUT2D eigenvalue weighted by atomic mass is 10.3. The molecule has 0 saturated carbocycles. The third-order valence-corrected chi connectivity index (χ3v) is 1.94. The average Bonchev–Trinajstić information content (AvgIpc) is 2.35. The molecule has 0 aromatic carbocycles. The number of hydrogen-bond acceptors (Lipinski definition) is 4. The van der Waals surface area contributed by atoms with Gasteiger partial charge in [-0.25, -0.2) is 4.68 Å². The molecule has 5 heteroatoms. The van der Waals surface area contributed by atoms with Crippen molar-refractivity contribution in [1.29, 1.82) is 0 Å². The van der Waals surface area contributed by atoms with E-state index in [1.807, 2.05) is 6.92 Å². The maximum absolute atomic E-state index is 5.70. The van der Waals surface area contributed by atoms with E-state index in [1.54, 1.807) is 4.68 Å². The molecule has 2 N–H and O–H groups in total. The number of hydrogen-bond donors (Lipinski definition) is 1. The van der Waals surface area contributed by atoms with Gasteiger partial charge in [-0.1, -0.05) is 0 Å². The highest BCUT2D eigenvalue weighted by molar-refractivity contribution is 4.93. The molecule has 0 amide bonds. The maximum Gasteiger partial charge on any atom is 0.151 e. The van der Waals surface area contributed by atoms with Crippen molar-refractivity contribution in [2.24, 2.45) is 0 Å². The smallest absolute Gasteiger partial charge is 0.151 e. The predicted octanol–water partition coefficient (Wildman–Crippen LogP) is -0.205. The molecule has 1 rings (SSSR count). The zero-order valence-electron chi connectivity index (χ0n) is 8.49. The summed E-state index contributed by atoms with van der Waals surface area (Å²) in [5.41, 5.74) is 0. The molecule has 74 valence electrons. The number of nitrogen functional groups attached to an aromatic ring is 1. The minimum absolute atomic E-state index is 0.764. The highest BCUT2D eigenvalue weighted by Crippen LogP contribution is 1.99. The molecule has 5 nitrogen and oxygen atoms in total. The van der Waals surface area contributed by atoms with Crippen LogP contribution in [0.2, 0.25) is 0 Å². The Hall–Kier alpha value is -1.10. The lowest BCUT2D eigenvalue weighted by Crippen LogP contribution is -2.17. The van der Waals surface area contributed by atoms with E-state index in [9.17, 15) is 0 Å². The van der Waals surface area contributed by atoms with E-state index in [2.05, 4.69) is 29.2 Å². The summed E-state index contributed by atoms with van der Waals surface area (Å²) in [6.45, 7) is 2.90. The molecule has 0 aliphatic rings. The van der Waals surface area contributed by atoms with Crippen LogP contribution >= 0.6 is 0 Å². The summed E-state index contributed by atoms with van der Waals surface area (Å²) >= 11 is 0. The van der Waals surface area contributed by atoms with E-state index in [1.165, 1.54) is 0 Å². The molecule has 13 heavy (non-hydrogen) atoms. The van der Waals surface area contributed by atoms with E-state index < -0.39 is 0 Å². The molecular formula is C8H17N5. The second-order valence-electron chi connectivity index (χ2n) is 3.44. The van der Waals surface area contributed by atoms with E-state index in [-0.39, 0.29) is 0 Å². The number of nitrogens with two attached hydrogens (primary N) is 1. The van der Waals surface area contributed by atoms with E-state index >= 15 is 0 Å². The third kappa shape index (κ3) is 2.69. The van der Waals surface area contributed by atoms with Gasteiger partial charge in [0.25, 0.3) is 0 Å². The maximum atomic E-state index is 5.70. The highest BCUT2D eigenvalue weighted by Gasteiger charge is 2.04. The first-order chi connectivity index (χ1) is 6.11. The fourth-order valence-corrected chi connectivity index (χ4v) is 1.14. The van der Waals surface area contributed by atoms with Gasteiger partial charge >= 0.3 is 0 Å². The fraction of sp³-hybridized carbons (Fsp3) is 0.750. The molecule has 0 atom stereocenters. The van der Waals surface area contributed by atoms with E-state index in [4.69, 9.17) is 5.84 Å². The highest BCUT2D eigenvalue weighted by atomic mass is 15.4. The Balaban J connectivity index is 2.41. The van der Waals surface area contributed by atoms with Crippen molar-refractivity contribution in [3.63, 3.8) is 0 Å². The van der Waals surface area contributed by atoms with Gasteiger partial charge in [0, 0.05) is 6.42 Å². The second-order valence-corrected chi connectivity index (χ2v) is 3.44. The number of aromatic nitrogens is 3. The van der Waals surface area contributed by atoms with Crippen LogP contribution in [0.3, 0.4) is 0 Å². The molecule has 0 aliphatic heterocycles. The molecular weight excluding hydrogens is 166 g/mol. The van der Waals surface area contributed by atoms with Gasteiger partial charge in [0.2, 0.25) is 0 Å². The molecule has 1 aromatic rings. The standard InChI is InChI=1S/C8H17N5/c1-7-10-11-8(13(7)9)5-4-6-12(2)3/h4-6,9H2,1-3H3. The molecule has 1 aromatic heterocycles.